The summed E-state index contributed by atoms with van der Waals surface area (Å²) in [5.41, 5.74) is 5.55. The molecule has 0 saturated carbocycles. The molecular formula is C18H19N3OS. The van der Waals surface area contributed by atoms with Crippen molar-refractivity contribution in [2.45, 2.75) is 32.6 Å². The molecule has 5 heteroatoms. The van der Waals surface area contributed by atoms with Crippen LogP contribution >= 0.6 is 11.3 Å². The molecule has 4 rings (SSSR count). The molecule has 0 spiro atoms. The third-order valence-corrected chi connectivity index (χ3v) is 5.58. The third kappa shape index (κ3) is 2.45. The van der Waals surface area contributed by atoms with Gasteiger partial charge in [0.15, 0.2) is 5.13 Å². The summed E-state index contributed by atoms with van der Waals surface area (Å²) in [5, 5.41) is 3.91. The van der Waals surface area contributed by atoms with Gasteiger partial charge < -0.3 is 4.98 Å². The molecule has 2 aromatic heterocycles. The predicted molar refractivity (Wildman–Crippen MR) is 94.5 cm³/mol. The van der Waals surface area contributed by atoms with Crippen molar-refractivity contribution in [3.63, 3.8) is 0 Å². The van der Waals surface area contributed by atoms with E-state index in [-0.39, 0.29) is 5.91 Å². The summed E-state index contributed by atoms with van der Waals surface area (Å²) < 4.78 is 0. The van der Waals surface area contributed by atoms with Crippen LogP contribution in [0.25, 0.3) is 10.9 Å². The second-order valence-electron chi connectivity index (χ2n) is 6.19. The summed E-state index contributed by atoms with van der Waals surface area (Å²) in [7, 11) is 1.79. The first-order valence-corrected chi connectivity index (χ1v) is 8.85. The van der Waals surface area contributed by atoms with Gasteiger partial charge in [-0.1, -0.05) is 0 Å². The van der Waals surface area contributed by atoms with Crippen LogP contribution in [-0.2, 0) is 12.8 Å². The van der Waals surface area contributed by atoms with Crippen molar-refractivity contribution >= 4 is 33.3 Å². The van der Waals surface area contributed by atoms with Crippen LogP contribution in [0, 0.1) is 6.92 Å². The van der Waals surface area contributed by atoms with Crippen molar-refractivity contribution < 1.29 is 4.79 Å². The van der Waals surface area contributed by atoms with Crippen LogP contribution in [0.2, 0.25) is 0 Å². The van der Waals surface area contributed by atoms with Crippen molar-refractivity contribution in [1.29, 1.82) is 0 Å². The average molecular weight is 325 g/mol. The van der Waals surface area contributed by atoms with Crippen LogP contribution in [0.5, 0.6) is 0 Å². The molecule has 1 aromatic carbocycles. The fourth-order valence-electron chi connectivity index (χ4n) is 3.32. The molecule has 1 aliphatic rings. The van der Waals surface area contributed by atoms with Crippen LogP contribution in [0.3, 0.4) is 0 Å². The van der Waals surface area contributed by atoms with E-state index < -0.39 is 0 Å². The molecule has 1 amide bonds. The highest BCUT2D eigenvalue weighted by molar-refractivity contribution is 7.14. The topological polar surface area (TPSA) is 49.0 Å². The zero-order chi connectivity index (χ0) is 16.0. The second kappa shape index (κ2) is 5.49. The van der Waals surface area contributed by atoms with E-state index in [4.69, 9.17) is 0 Å². The minimum atomic E-state index is -0.00740. The molecule has 0 fully saturated rings. The van der Waals surface area contributed by atoms with Crippen LogP contribution in [0.4, 0.5) is 5.13 Å². The number of thiazole rings is 1. The number of rotatable bonds is 2. The Balaban J connectivity index is 1.72. The van der Waals surface area contributed by atoms with Gasteiger partial charge in [-0.2, -0.15) is 0 Å². The molecule has 1 N–H and O–H groups in total. The first-order valence-electron chi connectivity index (χ1n) is 7.97. The quantitative estimate of drug-likeness (QED) is 0.771. The number of carbonyl (C=O) groups is 1. The van der Waals surface area contributed by atoms with E-state index in [1.807, 2.05) is 30.5 Å². The number of hydrogen-bond acceptors (Lipinski definition) is 3. The number of aryl methyl sites for hydroxylation is 3. The predicted octanol–water partition coefficient (Wildman–Crippen LogP) is 4.09. The molecule has 2 heterocycles. The minimum absolute atomic E-state index is 0.00740. The Bertz CT molecular complexity index is 893. The standard InChI is InChI=1S/C18H19N3OS/c1-11-10-23-18(19-11)21(2)17(22)12-7-8-16-14(9-12)13-5-3-4-6-15(13)20-16/h7-10,20H,3-6H2,1-2H3. The van der Waals surface area contributed by atoms with Crippen molar-refractivity contribution in [3.05, 3.63) is 46.1 Å². The number of nitrogens with one attached hydrogen (secondary N) is 1. The van der Waals surface area contributed by atoms with E-state index in [2.05, 4.69) is 9.97 Å². The van der Waals surface area contributed by atoms with Gasteiger partial charge in [-0.25, -0.2) is 4.98 Å². The van der Waals surface area contributed by atoms with Gasteiger partial charge in [0, 0.05) is 34.6 Å². The number of anilines is 1. The van der Waals surface area contributed by atoms with Gasteiger partial charge in [-0.15, -0.1) is 11.3 Å². The van der Waals surface area contributed by atoms with Gasteiger partial charge in [0.2, 0.25) is 0 Å². The highest BCUT2D eigenvalue weighted by Crippen LogP contribution is 2.30. The highest BCUT2D eigenvalue weighted by Gasteiger charge is 2.19. The fourth-order valence-corrected chi connectivity index (χ4v) is 4.08. The number of aromatic amines is 1. The molecule has 4 nitrogen and oxygen atoms in total. The largest absolute Gasteiger partial charge is 0.358 e. The number of fused-ring (bicyclic) bond motifs is 3. The van der Waals surface area contributed by atoms with Gasteiger partial charge in [0.1, 0.15) is 0 Å². The van der Waals surface area contributed by atoms with Crippen molar-refractivity contribution in [1.82, 2.24) is 9.97 Å². The molecule has 3 aromatic rings. The first-order chi connectivity index (χ1) is 11.1. The molecule has 0 saturated heterocycles. The first kappa shape index (κ1) is 14.5. The number of carbonyl (C=O) groups excluding carboxylic acids is 1. The minimum Gasteiger partial charge on any atom is -0.358 e. The van der Waals surface area contributed by atoms with Crippen LogP contribution < -0.4 is 4.90 Å². The number of H-pyrrole nitrogens is 1. The zero-order valence-electron chi connectivity index (χ0n) is 13.3. The van der Waals surface area contributed by atoms with Crippen molar-refractivity contribution in [3.8, 4) is 0 Å². The Morgan fingerprint density at radius 2 is 2.13 bits per heavy atom. The number of aromatic nitrogens is 2. The summed E-state index contributed by atoms with van der Waals surface area (Å²) in [5.74, 6) is -0.00740. The van der Waals surface area contributed by atoms with E-state index >= 15 is 0 Å². The molecular weight excluding hydrogens is 306 g/mol. The molecule has 0 atom stereocenters. The SMILES string of the molecule is Cc1csc(N(C)C(=O)c2ccc3[nH]c4c(c3c2)CCCC4)n1. The summed E-state index contributed by atoms with van der Waals surface area (Å²) in [6.45, 7) is 1.94. The van der Waals surface area contributed by atoms with Crippen LogP contribution in [-0.4, -0.2) is 22.9 Å². The monoisotopic (exact) mass is 325 g/mol. The van der Waals surface area contributed by atoms with Crippen molar-refractivity contribution in [2.24, 2.45) is 0 Å². The summed E-state index contributed by atoms with van der Waals surface area (Å²) >= 11 is 1.50. The van der Waals surface area contributed by atoms with Crippen molar-refractivity contribution in [2.75, 3.05) is 11.9 Å². The Kier molecular flexibility index (Phi) is 3.45. The maximum atomic E-state index is 12.8. The Morgan fingerprint density at radius 3 is 2.91 bits per heavy atom. The maximum absolute atomic E-state index is 12.8. The van der Waals surface area contributed by atoms with Crippen LogP contribution in [0.15, 0.2) is 23.6 Å². The summed E-state index contributed by atoms with van der Waals surface area (Å²) in [6, 6.07) is 5.97. The van der Waals surface area contributed by atoms with Gasteiger partial charge in [0.05, 0.1) is 5.69 Å². The number of nitrogens with zero attached hydrogens (tertiary/aromatic N) is 2. The zero-order valence-corrected chi connectivity index (χ0v) is 14.2. The van der Waals surface area contributed by atoms with Crippen LogP contribution in [0.1, 0.15) is 40.2 Å². The Labute approximate surface area is 139 Å². The summed E-state index contributed by atoms with van der Waals surface area (Å²) in [6.07, 6.45) is 4.70. The van der Waals surface area contributed by atoms with E-state index in [1.165, 1.54) is 40.8 Å². The lowest BCUT2D eigenvalue weighted by Gasteiger charge is -2.14. The lowest BCUT2D eigenvalue weighted by atomic mass is 9.95. The summed E-state index contributed by atoms with van der Waals surface area (Å²) in [4.78, 5) is 22.3. The third-order valence-electron chi connectivity index (χ3n) is 4.54. The highest BCUT2D eigenvalue weighted by atomic mass is 32.1. The van der Waals surface area contributed by atoms with Gasteiger partial charge in [0.25, 0.3) is 5.91 Å². The van der Waals surface area contributed by atoms with E-state index in [0.717, 1.165) is 34.7 Å². The Morgan fingerprint density at radius 1 is 1.30 bits per heavy atom. The molecule has 0 aliphatic heterocycles. The maximum Gasteiger partial charge on any atom is 0.259 e. The van der Waals surface area contributed by atoms with E-state index in [9.17, 15) is 4.79 Å². The second-order valence-corrected chi connectivity index (χ2v) is 7.02. The number of benzene rings is 1. The molecule has 0 bridgehead atoms. The lowest BCUT2D eigenvalue weighted by molar-refractivity contribution is 0.0993. The molecule has 0 unspecified atom stereocenters. The Hall–Kier alpha value is -2.14. The normalized spacial score (nSPS) is 14.0. The smallest absolute Gasteiger partial charge is 0.259 e. The average Bonchev–Trinajstić information content (AvgIpc) is 3.16. The van der Waals surface area contributed by atoms with E-state index in [0.29, 0.717) is 0 Å². The van der Waals surface area contributed by atoms with E-state index in [1.54, 1.807) is 11.9 Å². The fraction of sp³-hybridized carbons (Fsp3) is 0.333. The van der Waals surface area contributed by atoms with Gasteiger partial charge in [-0.05, 0) is 56.4 Å². The molecule has 23 heavy (non-hydrogen) atoms. The molecule has 0 radical (unpaired) electrons. The lowest BCUT2D eigenvalue weighted by Crippen LogP contribution is -2.26. The number of amides is 1. The molecule has 1 aliphatic carbocycles. The van der Waals surface area contributed by atoms with Gasteiger partial charge in [-0.3, -0.25) is 9.69 Å². The van der Waals surface area contributed by atoms with Gasteiger partial charge >= 0.3 is 0 Å². The molecule has 118 valence electrons. The number of hydrogen-bond donors (Lipinski definition) is 1.